The Hall–Kier alpha value is -2.01. The average molecular weight is 300 g/mol. The largest absolute Gasteiger partial charge is 0.507 e. The maximum atomic E-state index is 12.5. The van der Waals surface area contributed by atoms with Crippen molar-refractivity contribution in [2.75, 3.05) is 0 Å². The number of phenols is 1. The van der Waals surface area contributed by atoms with Crippen LogP contribution in [-0.2, 0) is 6.18 Å². The van der Waals surface area contributed by atoms with E-state index in [-0.39, 0.29) is 11.4 Å². The van der Waals surface area contributed by atoms with Crippen LogP contribution >= 0.6 is 11.6 Å². The van der Waals surface area contributed by atoms with Crippen molar-refractivity contribution in [2.45, 2.75) is 6.18 Å². The van der Waals surface area contributed by atoms with E-state index in [0.717, 1.165) is 12.1 Å². The summed E-state index contributed by atoms with van der Waals surface area (Å²) in [6.45, 7) is 0. The fraction of sp³-hybridized carbons (Fsp3) is 0.0714. The van der Waals surface area contributed by atoms with E-state index < -0.39 is 11.7 Å². The molecular weight excluding hydrogens is 291 g/mol. The monoisotopic (exact) mass is 299 g/mol. The lowest BCUT2D eigenvalue weighted by Crippen LogP contribution is -2.03. The molecule has 0 saturated heterocycles. The van der Waals surface area contributed by atoms with Gasteiger partial charge in [-0.2, -0.15) is 13.2 Å². The lowest BCUT2D eigenvalue weighted by Gasteiger charge is -2.06. The minimum absolute atomic E-state index is 0.0508. The SMILES string of the molecule is Oc1ccc(Cl)cc1C=Nc1cccc(C(F)(F)F)c1. The maximum Gasteiger partial charge on any atom is 0.416 e. The highest BCUT2D eigenvalue weighted by Crippen LogP contribution is 2.31. The van der Waals surface area contributed by atoms with Gasteiger partial charge >= 0.3 is 6.18 Å². The molecule has 20 heavy (non-hydrogen) atoms. The molecule has 0 spiro atoms. The zero-order chi connectivity index (χ0) is 14.8. The molecule has 0 aliphatic carbocycles. The molecule has 0 saturated carbocycles. The predicted octanol–water partition coefficient (Wildman–Crippen LogP) is 4.82. The molecule has 2 aromatic rings. The van der Waals surface area contributed by atoms with Crippen LogP contribution in [0.1, 0.15) is 11.1 Å². The highest BCUT2D eigenvalue weighted by atomic mass is 35.5. The summed E-state index contributed by atoms with van der Waals surface area (Å²) in [6, 6.07) is 8.96. The smallest absolute Gasteiger partial charge is 0.416 e. The van der Waals surface area contributed by atoms with Gasteiger partial charge in [-0.15, -0.1) is 0 Å². The molecule has 2 nitrogen and oxygen atoms in total. The first-order valence-corrected chi connectivity index (χ1v) is 5.94. The first kappa shape index (κ1) is 14.4. The zero-order valence-electron chi connectivity index (χ0n) is 10.0. The number of hydrogen-bond donors (Lipinski definition) is 1. The fourth-order valence-corrected chi connectivity index (χ4v) is 1.72. The van der Waals surface area contributed by atoms with Gasteiger partial charge < -0.3 is 5.11 Å². The third-order valence-corrected chi connectivity index (χ3v) is 2.75. The predicted molar refractivity (Wildman–Crippen MR) is 71.8 cm³/mol. The maximum absolute atomic E-state index is 12.5. The number of hydrogen-bond acceptors (Lipinski definition) is 2. The first-order valence-electron chi connectivity index (χ1n) is 5.56. The summed E-state index contributed by atoms with van der Waals surface area (Å²) in [5.41, 5.74) is -0.309. The van der Waals surface area contributed by atoms with E-state index in [4.69, 9.17) is 11.6 Å². The van der Waals surface area contributed by atoms with E-state index in [2.05, 4.69) is 4.99 Å². The molecule has 0 heterocycles. The summed E-state index contributed by atoms with van der Waals surface area (Å²) in [5, 5.41) is 9.96. The molecule has 0 atom stereocenters. The molecule has 0 aliphatic rings. The summed E-state index contributed by atoms with van der Waals surface area (Å²) >= 11 is 5.76. The number of rotatable bonds is 2. The van der Waals surface area contributed by atoms with E-state index in [1.165, 1.54) is 36.5 Å². The first-order chi connectivity index (χ1) is 9.36. The molecule has 0 aromatic heterocycles. The van der Waals surface area contributed by atoms with E-state index in [1.54, 1.807) is 0 Å². The molecule has 0 bridgehead atoms. The number of aromatic hydroxyl groups is 1. The van der Waals surface area contributed by atoms with Crippen molar-refractivity contribution in [2.24, 2.45) is 4.99 Å². The fourth-order valence-electron chi connectivity index (χ4n) is 1.54. The van der Waals surface area contributed by atoms with Crippen LogP contribution in [0.2, 0.25) is 5.02 Å². The number of alkyl halides is 3. The molecule has 0 amide bonds. The Balaban J connectivity index is 2.30. The van der Waals surface area contributed by atoms with Crippen LogP contribution in [0.5, 0.6) is 5.75 Å². The minimum Gasteiger partial charge on any atom is -0.507 e. The second-order valence-electron chi connectivity index (χ2n) is 4.01. The van der Waals surface area contributed by atoms with Gasteiger partial charge in [0.25, 0.3) is 0 Å². The third-order valence-electron chi connectivity index (χ3n) is 2.52. The van der Waals surface area contributed by atoms with Crippen LogP contribution in [0.15, 0.2) is 47.5 Å². The summed E-state index contributed by atoms with van der Waals surface area (Å²) in [6.07, 6.45) is -3.15. The Labute approximate surface area is 118 Å². The van der Waals surface area contributed by atoms with Crippen molar-refractivity contribution in [3.63, 3.8) is 0 Å². The van der Waals surface area contributed by atoms with Crippen LogP contribution in [0.3, 0.4) is 0 Å². The van der Waals surface area contributed by atoms with Crippen molar-refractivity contribution in [1.82, 2.24) is 0 Å². The normalized spacial score (nSPS) is 12.0. The summed E-state index contributed by atoms with van der Waals surface area (Å²) < 4.78 is 37.6. The number of nitrogens with zero attached hydrogens (tertiary/aromatic N) is 1. The number of aliphatic imine (C=N–C) groups is 1. The lowest BCUT2D eigenvalue weighted by molar-refractivity contribution is -0.137. The molecule has 0 aliphatic heterocycles. The van der Waals surface area contributed by atoms with Gasteiger partial charge in [-0.25, -0.2) is 0 Å². The van der Waals surface area contributed by atoms with E-state index in [1.807, 2.05) is 0 Å². The van der Waals surface area contributed by atoms with Gasteiger partial charge in [-0.3, -0.25) is 4.99 Å². The average Bonchev–Trinajstić information content (AvgIpc) is 2.39. The standard InChI is InChI=1S/C14H9ClF3NO/c15-11-4-5-13(20)9(6-11)8-19-12-3-1-2-10(7-12)14(16,17)18/h1-8,20H. The molecule has 6 heteroatoms. The summed E-state index contributed by atoms with van der Waals surface area (Å²) in [5.74, 6) is -0.0508. The molecule has 0 unspecified atom stereocenters. The third kappa shape index (κ3) is 3.51. The Bertz CT molecular complexity index is 653. The second kappa shape index (κ2) is 5.54. The Morgan fingerprint density at radius 1 is 1.10 bits per heavy atom. The van der Waals surface area contributed by atoms with E-state index >= 15 is 0 Å². The zero-order valence-corrected chi connectivity index (χ0v) is 10.8. The van der Waals surface area contributed by atoms with Gasteiger partial charge in [0, 0.05) is 16.8 Å². The summed E-state index contributed by atoms with van der Waals surface area (Å²) in [7, 11) is 0. The molecule has 104 valence electrons. The van der Waals surface area contributed by atoms with Crippen LogP contribution in [0.4, 0.5) is 18.9 Å². The number of halogens is 4. The Morgan fingerprint density at radius 2 is 1.85 bits per heavy atom. The van der Waals surface area contributed by atoms with Gasteiger partial charge in [0.15, 0.2) is 0 Å². The van der Waals surface area contributed by atoms with Crippen LogP contribution in [0, 0.1) is 0 Å². The number of phenolic OH excluding ortho intramolecular Hbond substituents is 1. The molecule has 0 radical (unpaired) electrons. The molecule has 0 fully saturated rings. The van der Waals surface area contributed by atoms with Gasteiger partial charge in [0.05, 0.1) is 11.3 Å². The van der Waals surface area contributed by atoms with Crippen LogP contribution < -0.4 is 0 Å². The van der Waals surface area contributed by atoms with Gasteiger partial charge in [-0.1, -0.05) is 17.7 Å². The molecule has 2 aromatic carbocycles. The molecular formula is C14H9ClF3NO. The molecule has 1 N–H and O–H groups in total. The Kier molecular flexibility index (Phi) is 3.99. The van der Waals surface area contributed by atoms with Crippen LogP contribution in [-0.4, -0.2) is 11.3 Å². The van der Waals surface area contributed by atoms with Gasteiger partial charge in [-0.05, 0) is 36.4 Å². The highest BCUT2D eigenvalue weighted by molar-refractivity contribution is 6.30. The van der Waals surface area contributed by atoms with E-state index in [9.17, 15) is 18.3 Å². The van der Waals surface area contributed by atoms with Crippen molar-refractivity contribution in [1.29, 1.82) is 0 Å². The quantitative estimate of drug-likeness (QED) is 0.793. The van der Waals surface area contributed by atoms with Crippen molar-refractivity contribution >= 4 is 23.5 Å². The van der Waals surface area contributed by atoms with Crippen molar-refractivity contribution in [3.8, 4) is 5.75 Å². The summed E-state index contributed by atoms with van der Waals surface area (Å²) in [4.78, 5) is 3.91. The minimum atomic E-state index is -4.41. The molecule has 2 rings (SSSR count). The number of benzene rings is 2. The van der Waals surface area contributed by atoms with Gasteiger partial charge in [0.1, 0.15) is 5.75 Å². The highest BCUT2D eigenvalue weighted by Gasteiger charge is 2.30. The van der Waals surface area contributed by atoms with Crippen molar-refractivity contribution < 1.29 is 18.3 Å². The Morgan fingerprint density at radius 3 is 2.55 bits per heavy atom. The van der Waals surface area contributed by atoms with Crippen LogP contribution in [0.25, 0.3) is 0 Å². The topological polar surface area (TPSA) is 32.6 Å². The van der Waals surface area contributed by atoms with E-state index in [0.29, 0.717) is 10.6 Å². The second-order valence-corrected chi connectivity index (χ2v) is 4.45. The van der Waals surface area contributed by atoms with Gasteiger partial charge in [0.2, 0.25) is 0 Å². The van der Waals surface area contributed by atoms with Crippen molar-refractivity contribution in [3.05, 3.63) is 58.6 Å². The lowest BCUT2D eigenvalue weighted by atomic mass is 10.2.